The second kappa shape index (κ2) is 6.30. The van der Waals surface area contributed by atoms with Crippen molar-refractivity contribution in [3.63, 3.8) is 0 Å². The molecule has 1 aromatic rings. The first kappa shape index (κ1) is 15.6. The second-order valence-electron chi connectivity index (χ2n) is 5.77. The smallest absolute Gasteiger partial charge is 0.254 e. The van der Waals surface area contributed by atoms with Gasteiger partial charge in [-0.15, -0.1) is 0 Å². The number of likely N-dealkylation sites (tertiary alicyclic amines) is 1. The number of piperidine rings is 1. The molecule has 1 atom stereocenters. The standard InChI is InChI=1S/C17H21NO3/c1-13-14(7-4-11-19)6-3-8-15(13)16(20)18-10-5-9-17(2,21)12-18/h3,6,8,19,21H,5,9-12H2,1-2H3. The summed E-state index contributed by atoms with van der Waals surface area (Å²) in [5.41, 5.74) is 1.36. The Morgan fingerprint density at radius 2 is 2.24 bits per heavy atom. The molecule has 0 bridgehead atoms. The van der Waals surface area contributed by atoms with E-state index in [4.69, 9.17) is 5.11 Å². The monoisotopic (exact) mass is 287 g/mol. The molecule has 112 valence electrons. The van der Waals surface area contributed by atoms with E-state index in [-0.39, 0.29) is 12.5 Å². The van der Waals surface area contributed by atoms with E-state index in [1.165, 1.54) is 0 Å². The Balaban J connectivity index is 2.27. The molecule has 1 fully saturated rings. The molecule has 21 heavy (non-hydrogen) atoms. The summed E-state index contributed by atoms with van der Waals surface area (Å²) in [6, 6.07) is 5.41. The lowest BCUT2D eigenvalue weighted by atomic mass is 9.94. The molecular formula is C17H21NO3. The van der Waals surface area contributed by atoms with Gasteiger partial charge in [0.2, 0.25) is 0 Å². The summed E-state index contributed by atoms with van der Waals surface area (Å²) in [4.78, 5) is 14.4. The van der Waals surface area contributed by atoms with Crippen LogP contribution in [0, 0.1) is 18.8 Å². The summed E-state index contributed by atoms with van der Waals surface area (Å²) >= 11 is 0. The van der Waals surface area contributed by atoms with Gasteiger partial charge >= 0.3 is 0 Å². The molecule has 4 heteroatoms. The topological polar surface area (TPSA) is 60.8 Å². The summed E-state index contributed by atoms with van der Waals surface area (Å²) < 4.78 is 0. The van der Waals surface area contributed by atoms with Gasteiger partial charge in [0.1, 0.15) is 6.61 Å². The third-order valence-electron chi connectivity index (χ3n) is 3.83. The third-order valence-corrected chi connectivity index (χ3v) is 3.83. The van der Waals surface area contributed by atoms with Crippen molar-refractivity contribution in [1.29, 1.82) is 0 Å². The van der Waals surface area contributed by atoms with Crippen LogP contribution in [0.2, 0.25) is 0 Å². The van der Waals surface area contributed by atoms with Crippen molar-refractivity contribution in [3.8, 4) is 11.8 Å². The van der Waals surface area contributed by atoms with Crippen molar-refractivity contribution < 1.29 is 15.0 Å². The summed E-state index contributed by atoms with van der Waals surface area (Å²) in [7, 11) is 0. The summed E-state index contributed by atoms with van der Waals surface area (Å²) in [5.74, 6) is 5.39. The van der Waals surface area contributed by atoms with Gasteiger partial charge in [-0.3, -0.25) is 4.79 Å². The fourth-order valence-corrected chi connectivity index (χ4v) is 2.70. The molecule has 0 saturated carbocycles. The van der Waals surface area contributed by atoms with Gasteiger partial charge in [-0.2, -0.15) is 0 Å². The number of aliphatic hydroxyl groups excluding tert-OH is 1. The Bertz CT molecular complexity index is 596. The SMILES string of the molecule is Cc1c(C#CCO)cccc1C(=O)N1CCCC(C)(O)C1. The zero-order valence-electron chi connectivity index (χ0n) is 12.5. The molecule has 1 aliphatic heterocycles. The number of hydrogen-bond acceptors (Lipinski definition) is 3. The molecule has 0 aromatic heterocycles. The first-order valence-electron chi connectivity index (χ1n) is 7.15. The van der Waals surface area contributed by atoms with Crippen LogP contribution in [0.15, 0.2) is 18.2 Å². The Morgan fingerprint density at radius 1 is 1.48 bits per heavy atom. The fraction of sp³-hybridized carbons (Fsp3) is 0.471. The minimum absolute atomic E-state index is 0.0693. The minimum Gasteiger partial charge on any atom is -0.388 e. The Hall–Kier alpha value is -1.83. The number of carbonyl (C=O) groups is 1. The number of amides is 1. The van der Waals surface area contributed by atoms with Crippen molar-refractivity contribution in [2.24, 2.45) is 0 Å². The number of benzene rings is 1. The van der Waals surface area contributed by atoms with Crippen LogP contribution in [0.3, 0.4) is 0 Å². The molecule has 1 unspecified atom stereocenters. The number of carbonyl (C=O) groups excluding carboxylic acids is 1. The van der Waals surface area contributed by atoms with E-state index in [0.29, 0.717) is 18.7 Å². The first-order valence-corrected chi connectivity index (χ1v) is 7.15. The highest BCUT2D eigenvalue weighted by molar-refractivity contribution is 5.96. The first-order chi connectivity index (χ1) is 9.94. The molecule has 0 spiro atoms. The van der Waals surface area contributed by atoms with Crippen molar-refractivity contribution in [1.82, 2.24) is 4.90 Å². The van der Waals surface area contributed by atoms with E-state index in [2.05, 4.69) is 11.8 Å². The van der Waals surface area contributed by atoms with Gasteiger partial charge < -0.3 is 15.1 Å². The maximum Gasteiger partial charge on any atom is 0.254 e. The van der Waals surface area contributed by atoms with Crippen molar-refractivity contribution in [3.05, 3.63) is 34.9 Å². The molecule has 2 N–H and O–H groups in total. The average molecular weight is 287 g/mol. The van der Waals surface area contributed by atoms with E-state index in [9.17, 15) is 9.90 Å². The highest BCUT2D eigenvalue weighted by Crippen LogP contribution is 2.23. The molecule has 4 nitrogen and oxygen atoms in total. The molecule has 1 amide bonds. The van der Waals surface area contributed by atoms with Crippen LogP contribution < -0.4 is 0 Å². The number of hydrogen-bond donors (Lipinski definition) is 2. The molecule has 0 radical (unpaired) electrons. The number of rotatable bonds is 1. The largest absolute Gasteiger partial charge is 0.388 e. The molecule has 1 saturated heterocycles. The normalized spacial score (nSPS) is 21.6. The van der Waals surface area contributed by atoms with E-state index in [1.807, 2.05) is 13.0 Å². The quantitative estimate of drug-likeness (QED) is 0.766. The Kier molecular flexibility index (Phi) is 4.66. The minimum atomic E-state index is -0.809. The molecule has 1 aromatic carbocycles. The van der Waals surface area contributed by atoms with Gasteiger partial charge in [0.15, 0.2) is 0 Å². The zero-order valence-corrected chi connectivity index (χ0v) is 12.5. The van der Waals surface area contributed by atoms with Crippen molar-refractivity contribution in [2.45, 2.75) is 32.3 Å². The molecule has 1 aliphatic rings. The lowest BCUT2D eigenvalue weighted by molar-refractivity contribution is -0.0107. The molecule has 1 heterocycles. The zero-order chi connectivity index (χ0) is 15.5. The number of aliphatic hydroxyl groups is 2. The van der Waals surface area contributed by atoms with Gasteiger partial charge in [0.05, 0.1) is 5.60 Å². The van der Waals surface area contributed by atoms with Gasteiger partial charge in [0.25, 0.3) is 5.91 Å². The molecule has 2 rings (SSSR count). The van der Waals surface area contributed by atoms with Crippen LogP contribution in [-0.4, -0.2) is 46.3 Å². The predicted molar refractivity (Wildman–Crippen MR) is 80.9 cm³/mol. The summed E-state index contributed by atoms with van der Waals surface area (Å²) in [5, 5.41) is 18.9. The average Bonchev–Trinajstić information content (AvgIpc) is 2.44. The maximum absolute atomic E-state index is 12.7. The van der Waals surface area contributed by atoms with Crippen molar-refractivity contribution in [2.75, 3.05) is 19.7 Å². The number of nitrogens with zero attached hydrogens (tertiary/aromatic N) is 1. The molecule has 0 aliphatic carbocycles. The fourth-order valence-electron chi connectivity index (χ4n) is 2.70. The van der Waals surface area contributed by atoms with Crippen LogP contribution in [0.5, 0.6) is 0 Å². The maximum atomic E-state index is 12.7. The van der Waals surface area contributed by atoms with Crippen LogP contribution in [0.25, 0.3) is 0 Å². The van der Waals surface area contributed by atoms with Gasteiger partial charge in [-0.25, -0.2) is 0 Å². The highest BCUT2D eigenvalue weighted by Gasteiger charge is 2.31. The Morgan fingerprint density at radius 3 is 2.90 bits per heavy atom. The lowest BCUT2D eigenvalue weighted by Gasteiger charge is -2.37. The predicted octanol–water partition coefficient (Wildman–Crippen LogP) is 1.33. The molecular weight excluding hydrogens is 266 g/mol. The summed E-state index contributed by atoms with van der Waals surface area (Å²) in [6.07, 6.45) is 1.53. The van der Waals surface area contributed by atoms with E-state index in [1.54, 1.807) is 24.0 Å². The summed E-state index contributed by atoms with van der Waals surface area (Å²) in [6.45, 7) is 4.45. The van der Waals surface area contributed by atoms with Gasteiger partial charge in [0, 0.05) is 24.2 Å². The second-order valence-corrected chi connectivity index (χ2v) is 5.77. The van der Waals surface area contributed by atoms with Crippen LogP contribution in [0.4, 0.5) is 0 Å². The van der Waals surface area contributed by atoms with E-state index in [0.717, 1.165) is 24.0 Å². The van der Waals surface area contributed by atoms with Gasteiger partial charge in [-0.1, -0.05) is 17.9 Å². The van der Waals surface area contributed by atoms with E-state index >= 15 is 0 Å². The van der Waals surface area contributed by atoms with Crippen molar-refractivity contribution >= 4 is 5.91 Å². The Labute approximate surface area is 125 Å². The third kappa shape index (κ3) is 3.63. The van der Waals surface area contributed by atoms with E-state index < -0.39 is 5.60 Å². The number of β-amino-alcohol motifs (C(OH)–C–C–N with tert-alkyl or cyclic N) is 1. The van der Waals surface area contributed by atoms with Crippen LogP contribution in [-0.2, 0) is 0 Å². The van der Waals surface area contributed by atoms with Gasteiger partial charge in [-0.05, 0) is 44.4 Å². The lowest BCUT2D eigenvalue weighted by Crippen LogP contribution is -2.48. The van der Waals surface area contributed by atoms with Crippen LogP contribution >= 0.6 is 0 Å². The highest BCUT2D eigenvalue weighted by atomic mass is 16.3. The van der Waals surface area contributed by atoms with Crippen LogP contribution in [0.1, 0.15) is 41.3 Å².